The molecule has 0 unspecified atom stereocenters. The Bertz CT molecular complexity index is 778. The lowest BCUT2D eigenvalue weighted by Crippen LogP contribution is -1.94. The van der Waals surface area contributed by atoms with Crippen LogP contribution >= 0.6 is 11.3 Å². The lowest BCUT2D eigenvalue weighted by Gasteiger charge is -1.98. The third kappa shape index (κ3) is 2.06. The molecule has 20 heavy (non-hydrogen) atoms. The number of hydrogen-bond donors (Lipinski definition) is 1. The van der Waals surface area contributed by atoms with E-state index in [1.165, 1.54) is 17.4 Å². The summed E-state index contributed by atoms with van der Waals surface area (Å²) in [5.41, 5.74) is 2.07. The maximum atomic E-state index is 11.1. The highest BCUT2D eigenvalue weighted by Gasteiger charge is 2.17. The number of nitrogens with zero attached hydrogens (tertiary/aromatic N) is 3. The number of nitro benzene ring substituents is 1. The van der Waals surface area contributed by atoms with E-state index in [-0.39, 0.29) is 12.3 Å². The molecule has 0 saturated carbocycles. The van der Waals surface area contributed by atoms with Crippen molar-refractivity contribution in [1.29, 1.82) is 0 Å². The number of aliphatic hydroxyl groups excluding tert-OH is 1. The average Bonchev–Trinajstić information content (AvgIpc) is 3.01. The minimum atomic E-state index is -0.405. The predicted molar refractivity (Wildman–Crippen MR) is 75.9 cm³/mol. The molecule has 0 bridgehead atoms. The second-order valence-electron chi connectivity index (χ2n) is 4.25. The summed E-state index contributed by atoms with van der Waals surface area (Å²) >= 11 is 1.45. The predicted octanol–water partition coefficient (Wildman–Crippen LogP) is 2.51. The molecule has 0 aliphatic heterocycles. The van der Waals surface area contributed by atoms with Crippen LogP contribution in [-0.2, 0) is 6.42 Å². The van der Waals surface area contributed by atoms with Crippen molar-refractivity contribution in [3.05, 3.63) is 51.7 Å². The number of rotatable bonds is 4. The van der Waals surface area contributed by atoms with Crippen molar-refractivity contribution < 1.29 is 10.0 Å². The van der Waals surface area contributed by atoms with Gasteiger partial charge in [0.05, 0.1) is 16.2 Å². The summed E-state index contributed by atoms with van der Waals surface area (Å²) in [7, 11) is 0. The molecule has 3 aromatic rings. The standard InChI is InChI=1S/C13H11N3O3S/c17-6-5-9-8-20-13-14-11(7-15(9)13)10-3-1-2-4-12(10)16(18)19/h1-4,7-8,17H,5-6H2. The fourth-order valence-electron chi connectivity index (χ4n) is 2.10. The summed E-state index contributed by atoms with van der Waals surface area (Å²) in [6.07, 6.45) is 2.31. The van der Waals surface area contributed by atoms with Gasteiger partial charge < -0.3 is 5.11 Å². The highest BCUT2D eigenvalue weighted by molar-refractivity contribution is 7.15. The smallest absolute Gasteiger partial charge is 0.278 e. The van der Waals surface area contributed by atoms with Gasteiger partial charge in [0, 0.05) is 36.4 Å². The molecule has 7 heteroatoms. The van der Waals surface area contributed by atoms with Crippen LogP contribution in [-0.4, -0.2) is 26.0 Å². The summed E-state index contributed by atoms with van der Waals surface area (Å²) in [6.45, 7) is 0.0603. The molecule has 102 valence electrons. The van der Waals surface area contributed by atoms with Gasteiger partial charge in [-0.2, -0.15) is 0 Å². The Hall–Kier alpha value is -2.25. The number of nitro groups is 1. The molecular weight excluding hydrogens is 278 g/mol. The molecule has 0 spiro atoms. The molecule has 1 aromatic carbocycles. The Morgan fingerprint density at radius 1 is 1.40 bits per heavy atom. The highest BCUT2D eigenvalue weighted by atomic mass is 32.1. The largest absolute Gasteiger partial charge is 0.396 e. The van der Waals surface area contributed by atoms with E-state index in [9.17, 15) is 10.1 Å². The Morgan fingerprint density at radius 3 is 2.95 bits per heavy atom. The van der Waals surface area contributed by atoms with Crippen LogP contribution in [0.25, 0.3) is 16.2 Å². The highest BCUT2D eigenvalue weighted by Crippen LogP contribution is 2.30. The number of imidazole rings is 1. The Balaban J connectivity index is 2.13. The molecule has 1 N–H and O–H groups in total. The molecule has 3 rings (SSSR count). The van der Waals surface area contributed by atoms with Gasteiger partial charge in [-0.25, -0.2) is 4.98 Å². The number of fused-ring (bicyclic) bond motifs is 1. The third-order valence-electron chi connectivity index (χ3n) is 3.03. The number of thiazole rings is 1. The molecule has 2 heterocycles. The number of hydrogen-bond acceptors (Lipinski definition) is 5. The van der Waals surface area contributed by atoms with Gasteiger partial charge in [-0.1, -0.05) is 12.1 Å². The maximum absolute atomic E-state index is 11.1. The first-order valence-electron chi connectivity index (χ1n) is 6.01. The summed E-state index contributed by atoms with van der Waals surface area (Å²) < 4.78 is 1.87. The van der Waals surface area contributed by atoms with Crippen molar-refractivity contribution in [2.75, 3.05) is 6.61 Å². The zero-order valence-corrected chi connectivity index (χ0v) is 11.2. The monoisotopic (exact) mass is 289 g/mol. The second kappa shape index (κ2) is 5.03. The quantitative estimate of drug-likeness (QED) is 0.591. The van der Waals surface area contributed by atoms with Gasteiger partial charge >= 0.3 is 0 Å². The summed E-state index contributed by atoms with van der Waals surface area (Å²) in [6, 6.07) is 6.55. The van der Waals surface area contributed by atoms with E-state index in [0.29, 0.717) is 17.7 Å². The third-order valence-corrected chi connectivity index (χ3v) is 3.92. The summed E-state index contributed by atoms with van der Waals surface area (Å²) in [5, 5.41) is 22.0. The van der Waals surface area contributed by atoms with E-state index >= 15 is 0 Å². The van der Waals surface area contributed by atoms with Crippen LogP contribution in [0.15, 0.2) is 35.8 Å². The van der Waals surface area contributed by atoms with E-state index in [2.05, 4.69) is 4.98 Å². The minimum Gasteiger partial charge on any atom is -0.396 e. The first-order chi connectivity index (χ1) is 9.70. The summed E-state index contributed by atoms with van der Waals surface area (Å²) in [4.78, 5) is 15.8. The van der Waals surface area contributed by atoms with Crippen LogP contribution in [0.5, 0.6) is 0 Å². The van der Waals surface area contributed by atoms with E-state index in [0.717, 1.165) is 10.7 Å². The SMILES string of the molecule is O=[N+]([O-])c1ccccc1-c1cn2c(CCO)csc2n1. The van der Waals surface area contributed by atoms with Crippen LogP contribution in [0, 0.1) is 10.1 Å². The van der Waals surface area contributed by atoms with E-state index in [1.54, 1.807) is 24.4 Å². The van der Waals surface area contributed by atoms with Crippen molar-refractivity contribution >= 4 is 22.0 Å². The van der Waals surface area contributed by atoms with Gasteiger partial charge in [0.15, 0.2) is 4.96 Å². The van der Waals surface area contributed by atoms with E-state index in [1.807, 2.05) is 9.78 Å². The topological polar surface area (TPSA) is 80.7 Å². The van der Waals surface area contributed by atoms with Crippen molar-refractivity contribution in [3.63, 3.8) is 0 Å². The molecule has 0 radical (unpaired) electrons. The van der Waals surface area contributed by atoms with Crippen molar-refractivity contribution in [2.45, 2.75) is 6.42 Å². The van der Waals surface area contributed by atoms with Crippen molar-refractivity contribution in [2.24, 2.45) is 0 Å². The van der Waals surface area contributed by atoms with Gasteiger partial charge in [-0.15, -0.1) is 11.3 Å². The van der Waals surface area contributed by atoms with Crippen LogP contribution in [0.1, 0.15) is 5.69 Å². The average molecular weight is 289 g/mol. The van der Waals surface area contributed by atoms with Gasteiger partial charge in [-0.05, 0) is 6.07 Å². The molecule has 0 fully saturated rings. The Labute approximate surface area is 118 Å². The second-order valence-corrected chi connectivity index (χ2v) is 5.09. The molecular formula is C13H11N3O3S. The first-order valence-corrected chi connectivity index (χ1v) is 6.89. The first kappa shape index (κ1) is 12.8. The molecule has 0 aliphatic rings. The van der Waals surface area contributed by atoms with E-state index < -0.39 is 4.92 Å². The zero-order valence-electron chi connectivity index (χ0n) is 10.4. The van der Waals surface area contributed by atoms with Crippen LogP contribution in [0.2, 0.25) is 0 Å². The lowest BCUT2D eigenvalue weighted by molar-refractivity contribution is -0.384. The zero-order chi connectivity index (χ0) is 14.1. The maximum Gasteiger partial charge on any atom is 0.278 e. The van der Waals surface area contributed by atoms with Gasteiger partial charge in [0.1, 0.15) is 0 Å². The lowest BCUT2D eigenvalue weighted by atomic mass is 10.1. The molecule has 0 amide bonds. The van der Waals surface area contributed by atoms with Gasteiger partial charge in [0.25, 0.3) is 5.69 Å². The Kier molecular flexibility index (Phi) is 3.21. The molecule has 6 nitrogen and oxygen atoms in total. The van der Waals surface area contributed by atoms with Gasteiger partial charge in [-0.3, -0.25) is 14.5 Å². The fourth-order valence-corrected chi connectivity index (χ4v) is 3.01. The van der Waals surface area contributed by atoms with Crippen molar-refractivity contribution in [1.82, 2.24) is 9.38 Å². The van der Waals surface area contributed by atoms with Crippen LogP contribution in [0.3, 0.4) is 0 Å². The molecule has 0 aliphatic carbocycles. The Morgan fingerprint density at radius 2 is 2.20 bits per heavy atom. The van der Waals surface area contributed by atoms with Crippen LogP contribution in [0.4, 0.5) is 5.69 Å². The number of benzene rings is 1. The fraction of sp³-hybridized carbons (Fsp3) is 0.154. The minimum absolute atomic E-state index is 0.0435. The number of aromatic nitrogens is 2. The van der Waals surface area contributed by atoms with Crippen LogP contribution < -0.4 is 0 Å². The van der Waals surface area contributed by atoms with Gasteiger partial charge in [0.2, 0.25) is 0 Å². The molecule has 2 aromatic heterocycles. The normalized spacial score (nSPS) is 11.1. The van der Waals surface area contributed by atoms with Crippen molar-refractivity contribution in [3.8, 4) is 11.3 Å². The number of para-hydroxylation sites is 1. The summed E-state index contributed by atoms with van der Waals surface area (Å²) in [5.74, 6) is 0. The molecule has 0 atom stereocenters. The number of aliphatic hydroxyl groups is 1. The molecule has 0 saturated heterocycles. The van der Waals surface area contributed by atoms with E-state index in [4.69, 9.17) is 5.11 Å².